The van der Waals surface area contributed by atoms with E-state index in [1.54, 1.807) is 0 Å². The summed E-state index contributed by atoms with van der Waals surface area (Å²) < 4.78 is 27.9. The molecule has 7 heteroatoms. The Kier molecular flexibility index (Phi) is 5.78. The summed E-state index contributed by atoms with van der Waals surface area (Å²) in [5.41, 5.74) is 0.0366. The van der Waals surface area contributed by atoms with Crippen molar-refractivity contribution in [1.29, 1.82) is 0 Å². The number of benzene rings is 1. The highest BCUT2D eigenvalue weighted by molar-refractivity contribution is 5.91. The number of halogens is 2. The molecule has 1 aromatic carbocycles. The zero-order chi connectivity index (χ0) is 17.7. The molecule has 2 aromatic rings. The third-order valence-electron chi connectivity index (χ3n) is 3.58. The van der Waals surface area contributed by atoms with Crippen molar-refractivity contribution in [3.8, 4) is 0 Å². The summed E-state index contributed by atoms with van der Waals surface area (Å²) in [6.07, 6.45) is 1.68. The van der Waals surface area contributed by atoms with E-state index in [0.717, 1.165) is 25.0 Å². The molecule has 128 valence electrons. The molecule has 0 saturated carbocycles. The second-order valence-electron chi connectivity index (χ2n) is 5.53. The Morgan fingerprint density at radius 1 is 1.25 bits per heavy atom. The van der Waals surface area contributed by atoms with E-state index in [2.05, 4.69) is 5.10 Å². The van der Waals surface area contributed by atoms with Crippen LogP contribution in [-0.2, 0) is 13.1 Å². The molecule has 1 heterocycles. The Labute approximate surface area is 138 Å². The number of unbranched alkanes of at least 4 members (excludes halogenated alkanes) is 1. The first-order chi connectivity index (χ1) is 11.4. The summed E-state index contributed by atoms with van der Waals surface area (Å²) in [5, 5.41) is 4.07. The third-order valence-corrected chi connectivity index (χ3v) is 3.58. The van der Waals surface area contributed by atoms with Crippen LogP contribution in [0.3, 0.4) is 0 Å². The fourth-order valence-corrected chi connectivity index (χ4v) is 2.20. The van der Waals surface area contributed by atoms with E-state index in [-0.39, 0.29) is 23.4 Å². The molecule has 0 bridgehead atoms. The van der Waals surface area contributed by atoms with Crippen molar-refractivity contribution in [2.24, 2.45) is 0 Å². The van der Waals surface area contributed by atoms with Gasteiger partial charge in [0.15, 0.2) is 0 Å². The van der Waals surface area contributed by atoms with E-state index in [4.69, 9.17) is 0 Å². The van der Waals surface area contributed by atoms with Crippen molar-refractivity contribution in [3.63, 3.8) is 0 Å². The molecule has 0 aliphatic heterocycles. The predicted molar refractivity (Wildman–Crippen MR) is 85.6 cm³/mol. The van der Waals surface area contributed by atoms with Crippen LogP contribution < -0.4 is 5.56 Å². The number of aromatic nitrogens is 2. The molecule has 5 nitrogen and oxygen atoms in total. The third kappa shape index (κ3) is 4.24. The number of carbonyl (C=O) groups excluding carboxylic acids is 1. The van der Waals surface area contributed by atoms with Crippen molar-refractivity contribution < 1.29 is 13.6 Å². The van der Waals surface area contributed by atoms with Gasteiger partial charge in [-0.05, 0) is 18.6 Å². The highest BCUT2D eigenvalue weighted by atomic mass is 19.1. The van der Waals surface area contributed by atoms with Crippen LogP contribution in [0.4, 0.5) is 8.78 Å². The number of amides is 1. The smallest absolute Gasteiger partial charge is 0.274 e. The second-order valence-corrected chi connectivity index (χ2v) is 5.53. The molecule has 0 unspecified atom stereocenters. The maximum absolute atomic E-state index is 13.7. The number of aryl methyl sites for hydroxylation is 1. The van der Waals surface area contributed by atoms with Gasteiger partial charge >= 0.3 is 0 Å². The van der Waals surface area contributed by atoms with E-state index in [1.165, 1.54) is 34.8 Å². The minimum Gasteiger partial charge on any atom is -0.336 e. The molecular weight excluding hydrogens is 316 g/mol. The van der Waals surface area contributed by atoms with E-state index in [0.29, 0.717) is 6.54 Å². The van der Waals surface area contributed by atoms with Gasteiger partial charge in [0.25, 0.3) is 11.5 Å². The summed E-state index contributed by atoms with van der Waals surface area (Å²) in [5.74, 6) is -1.82. The lowest BCUT2D eigenvalue weighted by atomic mass is 10.2. The Bertz CT molecular complexity index is 790. The second kappa shape index (κ2) is 7.81. The molecule has 1 aromatic heterocycles. The van der Waals surface area contributed by atoms with Gasteiger partial charge in [0.1, 0.15) is 17.3 Å². The molecule has 0 fully saturated rings. The van der Waals surface area contributed by atoms with Gasteiger partial charge in [-0.25, -0.2) is 13.5 Å². The van der Waals surface area contributed by atoms with Crippen LogP contribution in [0.25, 0.3) is 0 Å². The number of rotatable bonds is 6. The summed E-state index contributed by atoms with van der Waals surface area (Å²) in [6, 6.07) is 5.85. The molecule has 1 amide bonds. The lowest BCUT2D eigenvalue weighted by Crippen LogP contribution is -2.31. The van der Waals surface area contributed by atoms with E-state index < -0.39 is 17.5 Å². The first kappa shape index (κ1) is 17.8. The maximum atomic E-state index is 13.7. The highest BCUT2D eigenvalue weighted by Gasteiger charge is 2.16. The number of carbonyl (C=O) groups is 1. The zero-order valence-electron chi connectivity index (χ0n) is 13.6. The minimum atomic E-state index is -0.712. The highest BCUT2D eigenvalue weighted by Crippen LogP contribution is 2.12. The molecule has 0 saturated heterocycles. The van der Waals surface area contributed by atoms with E-state index in [9.17, 15) is 18.4 Å². The topological polar surface area (TPSA) is 55.2 Å². The Hall–Kier alpha value is -2.57. The van der Waals surface area contributed by atoms with Crippen LogP contribution in [0, 0.1) is 11.6 Å². The minimum absolute atomic E-state index is 0.0271. The molecule has 0 aliphatic rings. The van der Waals surface area contributed by atoms with Crippen molar-refractivity contribution in [3.05, 3.63) is 63.6 Å². The van der Waals surface area contributed by atoms with Crippen LogP contribution in [0.5, 0.6) is 0 Å². The SMILES string of the molecule is CCCCn1nc(C(=O)N(C)Cc2ccc(F)cc2F)ccc1=O. The summed E-state index contributed by atoms with van der Waals surface area (Å²) >= 11 is 0. The molecule has 0 spiro atoms. The van der Waals surface area contributed by atoms with Crippen LogP contribution in [0.1, 0.15) is 35.8 Å². The number of hydrogen-bond acceptors (Lipinski definition) is 3. The molecular formula is C17H19F2N3O2. The first-order valence-corrected chi connectivity index (χ1v) is 7.70. The van der Waals surface area contributed by atoms with Crippen LogP contribution in [0.15, 0.2) is 35.1 Å². The van der Waals surface area contributed by atoms with Crippen LogP contribution >= 0.6 is 0 Å². The average Bonchev–Trinajstić information content (AvgIpc) is 2.56. The van der Waals surface area contributed by atoms with Gasteiger partial charge < -0.3 is 4.90 Å². The number of hydrogen-bond donors (Lipinski definition) is 0. The summed E-state index contributed by atoms with van der Waals surface area (Å²) in [7, 11) is 1.49. The predicted octanol–water partition coefficient (Wildman–Crippen LogP) is 2.59. The zero-order valence-corrected chi connectivity index (χ0v) is 13.6. The standard InChI is InChI=1S/C17H19F2N3O2/c1-3-4-9-22-16(23)8-7-15(20-22)17(24)21(2)11-12-5-6-13(18)10-14(12)19/h5-8,10H,3-4,9,11H2,1-2H3. The van der Waals surface area contributed by atoms with Crippen molar-refractivity contribution in [2.75, 3.05) is 7.05 Å². The lowest BCUT2D eigenvalue weighted by molar-refractivity contribution is 0.0775. The van der Waals surface area contributed by atoms with Gasteiger partial charge in [-0.2, -0.15) is 5.10 Å². The molecule has 2 rings (SSSR count). The molecule has 0 N–H and O–H groups in total. The lowest BCUT2D eigenvalue weighted by Gasteiger charge is -2.17. The van der Waals surface area contributed by atoms with Crippen LogP contribution in [-0.4, -0.2) is 27.6 Å². The molecule has 0 aliphatic carbocycles. The molecule has 24 heavy (non-hydrogen) atoms. The van der Waals surface area contributed by atoms with Gasteiger partial charge in [-0.1, -0.05) is 19.4 Å². The Balaban J connectivity index is 2.16. The summed E-state index contributed by atoms with van der Waals surface area (Å²) in [6.45, 7) is 2.40. The van der Waals surface area contributed by atoms with Gasteiger partial charge in [-0.3, -0.25) is 9.59 Å². The van der Waals surface area contributed by atoms with Crippen molar-refractivity contribution in [1.82, 2.24) is 14.7 Å². The normalized spacial score (nSPS) is 10.7. The molecule has 0 atom stereocenters. The summed E-state index contributed by atoms with van der Waals surface area (Å²) in [4.78, 5) is 25.4. The maximum Gasteiger partial charge on any atom is 0.274 e. The van der Waals surface area contributed by atoms with Crippen molar-refractivity contribution >= 4 is 5.91 Å². The number of nitrogens with zero attached hydrogens (tertiary/aromatic N) is 3. The first-order valence-electron chi connectivity index (χ1n) is 7.70. The van der Waals surface area contributed by atoms with Gasteiger partial charge in [0.05, 0.1) is 0 Å². The van der Waals surface area contributed by atoms with Crippen molar-refractivity contribution in [2.45, 2.75) is 32.9 Å². The van der Waals surface area contributed by atoms with E-state index in [1.807, 2.05) is 6.92 Å². The van der Waals surface area contributed by atoms with Crippen LogP contribution in [0.2, 0.25) is 0 Å². The average molecular weight is 335 g/mol. The van der Waals surface area contributed by atoms with Gasteiger partial charge in [0.2, 0.25) is 0 Å². The van der Waals surface area contributed by atoms with Gasteiger partial charge in [-0.15, -0.1) is 0 Å². The Morgan fingerprint density at radius 3 is 2.67 bits per heavy atom. The Morgan fingerprint density at radius 2 is 2.00 bits per heavy atom. The van der Waals surface area contributed by atoms with Gasteiger partial charge in [0, 0.05) is 37.8 Å². The largest absolute Gasteiger partial charge is 0.336 e. The molecule has 0 radical (unpaired) electrons. The quantitative estimate of drug-likeness (QED) is 0.815. The monoisotopic (exact) mass is 335 g/mol. The van der Waals surface area contributed by atoms with E-state index >= 15 is 0 Å². The fraction of sp³-hybridized carbons (Fsp3) is 0.353. The fourth-order valence-electron chi connectivity index (χ4n) is 2.20.